The van der Waals surface area contributed by atoms with E-state index >= 15 is 0 Å². The first-order chi connectivity index (χ1) is 12.2. The number of likely N-dealkylation sites (N-methyl/N-ethyl adjacent to an activating group) is 1. The zero-order valence-electron chi connectivity index (χ0n) is 14.0. The van der Waals surface area contributed by atoms with Gasteiger partial charge in [0.25, 0.3) is 0 Å². The fourth-order valence-electron chi connectivity index (χ4n) is 2.95. The third-order valence-electron chi connectivity index (χ3n) is 4.34. The highest BCUT2D eigenvalue weighted by Gasteiger charge is 2.22. The van der Waals surface area contributed by atoms with E-state index in [9.17, 15) is 4.79 Å². The quantitative estimate of drug-likeness (QED) is 0.798. The third kappa shape index (κ3) is 3.29. The molecule has 4 rings (SSSR count). The van der Waals surface area contributed by atoms with E-state index in [-0.39, 0.29) is 5.91 Å². The van der Waals surface area contributed by atoms with Crippen molar-refractivity contribution in [2.45, 2.75) is 0 Å². The van der Waals surface area contributed by atoms with Crippen LogP contribution in [-0.2, 0) is 4.79 Å². The summed E-state index contributed by atoms with van der Waals surface area (Å²) in [4.78, 5) is 24.9. The Morgan fingerprint density at radius 1 is 1.04 bits per heavy atom. The lowest BCUT2D eigenvalue weighted by molar-refractivity contribution is -0.120. The van der Waals surface area contributed by atoms with Crippen LogP contribution in [0.25, 0.3) is 10.9 Å². The second kappa shape index (κ2) is 6.49. The molecular formula is C19H19N5O. The summed E-state index contributed by atoms with van der Waals surface area (Å²) in [7, 11) is 1.96. The molecule has 2 aromatic carbocycles. The molecule has 3 aromatic rings. The second-order valence-corrected chi connectivity index (χ2v) is 6.21. The number of carbonyl (C=O) groups is 1. The predicted molar refractivity (Wildman–Crippen MR) is 99.1 cm³/mol. The van der Waals surface area contributed by atoms with Crippen molar-refractivity contribution in [3.63, 3.8) is 0 Å². The monoisotopic (exact) mass is 333 g/mol. The highest BCUT2D eigenvalue weighted by atomic mass is 16.2. The first kappa shape index (κ1) is 15.5. The number of carbonyl (C=O) groups excluding carboxylic acids is 1. The Morgan fingerprint density at radius 2 is 1.84 bits per heavy atom. The van der Waals surface area contributed by atoms with Crippen molar-refractivity contribution in [2.75, 3.05) is 36.9 Å². The minimum Gasteiger partial charge on any atom is -0.324 e. The lowest BCUT2D eigenvalue weighted by Gasteiger charge is -2.32. The minimum atomic E-state index is 0.132. The van der Waals surface area contributed by atoms with Gasteiger partial charge in [0, 0.05) is 36.0 Å². The van der Waals surface area contributed by atoms with Crippen LogP contribution in [0.2, 0.25) is 0 Å². The maximum Gasteiger partial charge on any atom is 0.241 e. The average Bonchev–Trinajstić information content (AvgIpc) is 2.63. The molecule has 0 spiro atoms. The van der Waals surface area contributed by atoms with Crippen LogP contribution in [0.5, 0.6) is 0 Å². The molecule has 1 aromatic heterocycles. The van der Waals surface area contributed by atoms with E-state index in [4.69, 9.17) is 0 Å². The van der Waals surface area contributed by atoms with Crippen LogP contribution >= 0.6 is 0 Å². The zero-order valence-corrected chi connectivity index (χ0v) is 14.0. The smallest absolute Gasteiger partial charge is 0.241 e. The largest absolute Gasteiger partial charge is 0.324 e. The Kier molecular flexibility index (Phi) is 4.03. The number of rotatable bonds is 3. The molecule has 0 aliphatic carbocycles. The summed E-state index contributed by atoms with van der Waals surface area (Å²) in [5.74, 6) is 0.689. The topological polar surface area (TPSA) is 61.4 Å². The van der Waals surface area contributed by atoms with Crippen LogP contribution in [0.1, 0.15) is 0 Å². The molecule has 1 aliphatic heterocycles. The molecule has 0 unspecified atom stereocenters. The standard InChI is InChI=1S/C19H19N5O/c1-23-10-11-24(18(25)13-23)16-8-6-15(7-9-16)21-19-20-12-14-4-2-3-5-17(14)22-19/h2-9,12H,10-11,13H2,1H3,(H,20,21,22). The average molecular weight is 333 g/mol. The number of hydrogen-bond acceptors (Lipinski definition) is 5. The molecule has 1 N–H and O–H groups in total. The van der Waals surface area contributed by atoms with Crippen LogP contribution in [0, 0.1) is 0 Å². The van der Waals surface area contributed by atoms with Gasteiger partial charge in [-0.3, -0.25) is 9.69 Å². The van der Waals surface area contributed by atoms with Crippen molar-refractivity contribution in [3.8, 4) is 0 Å². The van der Waals surface area contributed by atoms with Gasteiger partial charge in [-0.2, -0.15) is 0 Å². The number of fused-ring (bicyclic) bond motifs is 1. The van der Waals surface area contributed by atoms with E-state index in [1.807, 2.05) is 71.6 Å². The molecule has 0 bridgehead atoms. The lowest BCUT2D eigenvalue weighted by Crippen LogP contribution is -2.48. The van der Waals surface area contributed by atoms with Gasteiger partial charge in [-0.1, -0.05) is 18.2 Å². The Bertz CT molecular complexity index is 909. The Labute approximate surface area is 146 Å². The number of nitrogens with zero attached hydrogens (tertiary/aromatic N) is 4. The molecule has 1 amide bonds. The molecule has 2 heterocycles. The summed E-state index contributed by atoms with van der Waals surface area (Å²) in [5, 5.41) is 4.22. The van der Waals surface area contributed by atoms with Gasteiger partial charge in [0.1, 0.15) is 0 Å². The summed E-state index contributed by atoms with van der Waals surface area (Å²) in [5.41, 5.74) is 2.71. The molecule has 25 heavy (non-hydrogen) atoms. The second-order valence-electron chi connectivity index (χ2n) is 6.21. The maximum atomic E-state index is 12.2. The molecular weight excluding hydrogens is 314 g/mol. The summed E-state index contributed by atoms with van der Waals surface area (Å²) in [6, 6.07) is 15.7. The molecule has 1 fully saturated rings. The van der Waals surface area contributed by atoms with Gasteiger partial charge in [0.05, 0.1) is 12.1 Å². The van der Waals surface area contributed by atoms with Gasteiger partial charge in [-0.25, -0.2) is 9.97 Å². The van der Waals surface area contributed by atoms with Crippen LogP contribution in [0.15, 0.2) is 54.7 Å². The zero-order chi connectivity index (χ0) is 17.2. The number of amides is 1. The van der Waals surface area contributed by atoms with Crippen LogP contribution in [0.3, 0.4) is 0 Å². The molecule has 126 valence electrons. The summed E-state index contributed by atoms with van der Waals surface area (Å²) >= 11 is 0. The van der Waals surface area contributed by atoms with Crippen molar-refractivity contribution in [1.29, 1.82) is 0 Å². The molecule has 0 radical (unpaired) electrons. The molecule has 6 nitrogen and oxygen atoms in total. The summed E-state index contributed by atoms with van der Waals surface area (Å²) < 4.78 is 0. The van der Waals surface area contributed by atoms with Crippen molar-refractivity contribution in [1.82, 2.24) is 14.9 Å². The minimum absolute atomic E-state index is 0.132. The van der Waals surface area contributed by atoms with E-state index in [0.717, 1.165) is 35.4 Å². The number of hydrogen-bond donors (Lipinski definition) is 1. The number of nitrogens with one attached hydrogen (secondary N) is 1. The van der Waals surface area contributed by atoms with Crippen molar-refractivity contribution in [3.05, 3.63) is 54.7 Å². The number of para-hydroxylation sites is 1. The van der Waals surface area contributed by atoms with E-state index in [2.05, 4.69) is 15.3 Å². The lowest BCUT2D eigenvalue weighted by atomic mass is 10.2. The highest BCUT2D eigenvalue weighted by Crippen LogP contribution is 2.22. The van der Waals surface area contributed by atoms with Gasteiger partial charge in [-0.05, 0) is 37.4 Å². The first-order valence-electron chi connectivity index (χ1n) is 8.27. The van der Waals surface area contributed by atoms with Gasteiger partial charge in [0.15, 0.2) is 0 Å². The SMILES string of the molecule is CN1CCN(c2ccc(Nc3ncc4ccccc4n3)cc2)C(=O)C1. The Balaban J connectivity index is 1.50. The third-order valence-corrected chi connectivity index (χ3v) is 4.34. The fraction of sp³-hybridized carbons (Fsp3) is 0.211. The van der Waals surface area contributed by atoms with E-state index in [1.54, 1.807) is 0 Å². The Hall–Kier alpha value is -2.99. The van der Waals surface area contributed by atoms with E-state index in [0.29, 0.717) is 12.5 Å². The molecule has 6 heteroatoms. The molecule has 0 atom stereocenters. The molecule has 0 saturated carbocycles. The van der Waals surface area contributed by atoms with Crippen LogP contribution in [-0.4, -0.2) is 47.5 Å². The number of piperazine rings is 1. The van der Waals surface area contributed by atoms with Gasteiger partial charge < -0.3 is 10.2 Å². The summed E-state index contributed by atoms with van der Waals surface area (Å²) in [6.45, 7) is 2.07. The van der Waals surface area contributed by atoms with E-state index in [1.165, 1.54) is 0 Å². The van der Waals surface area contributed by atoms with E-state index < -0.39 is 0 Å². The van der Waals surface area contributed by atoms with Crippen LogP contribution < -0.4 is 10.2 Å². The van der Waals surface area contributed by atoms with Crippen molar-refractivity contribution >= 4 is 34.1 Å². The summed E-state index contributed by atoms with van der Waals surface area (Å²) in [6.07, 6.45) is 1.81. The van der Waals surface area contributed by atoms with Gasteiger partial charge >= 0.3 is 0 Å². The van der Waals surface area contributed by atoms with Crippen molar-refractivity contribution in [2.24, 2.45) is 0 Å². The predicted octanol–water partition coefficient (Wildman–Crippen LogP) is 2.65. The maximum absolute atomic E-state index is 12.2. The van der Waals surface area contributed by atoms with Gasteiger partial charge in [0.2, 0.25) is 11.9 Å². The number of aromatic nitrogens is 2. The van der Waals surface area contributed by atoms with Crippen LogP contribution in [0.4, 0.5) is 17.3 Å². The number of anilines is 3. The Morgan fingerprint density at radius 3 is 2.64 bits per heavy atom. The van der Waals surface area contributed by atoms with Gasteiger partial charge in [-0.15, -0.1) is 0 Å². The number of benzene rings is 2. The normalized spacial score (nSPS) is 15.6. The van der Waals surface area contributed by atoms with Crippen molar-refractivity contribution < 1.29 is 4.79 Å². The highest BCUT2D eigenvalue weighted by molar-refractivity contribution is 5.95. The first-order valence-corrected chi connectivity index (χ1v) is 8.27. The molecule has 1 saturated heterocycles. The molecule has 1 aliphatic rings. The fourth-order valence-corrected chi connectivity index (χ4v) is 2.95.